The number of benzene rings is 3. The molecule has 0 saturated heterocycles. The van der Waals surface area contributed by atoms with E-state index in [9.17, 15) is 18.4 Å². The average molecular weight is 440 g/mol. The molecule has 0 radical (unpaired) electrons. The Morgan fingerprint density at radius 1 is 0.935 bits per heavy atom. The van der Waals surface area contributed by atoms with Crippen molar-refractivity contribution >= 4 is 35.2 Å². The molecule has 3 N–H and O–H groups in total. The summed E-state index contributed by atoms with van der Waals surface area (Å²) in [5, 5.41) is 11.8. The Labute approximate surface area is 181 Å². The first-order valence-corrected chi connectivity index (χ1v) is 10.3. The van der Waals surface area contributed by atoms with Gasteiger partial charge in [-0.25, -0.2) is 13.6 Å². The minimum Gasteiger partial charge on any atom is -0.478 e. The zero-order valence-corrected chi connectivity index (χ0v) is 17.0. The average Bonchev–Trinajstić information content (AvgIpc) is 3.58. The topological polar surface area (TPSA) is 78.4 Å². The van der Waals surface area contributed by atoms with Crippen molar-refractivity contribution in [1.29, 1.82) is 0 Å². The van der Waals surface area contributed by atoms with Gasteiger partial charge in [-0.05, 0) is 60.7 Å². The van der Waals surface area contributed by atoms with E-state index in [1.54, 1.807) is 24.3 Å². The Morgan fingerprint density at radius 3 is 2.23 bits per heavy atom. The molecule has 158 valence electrons. The van der Waals surface area contributed by atoms with Crippen molar-refractivity contribution in [3.8, 4) is 0 Å². The highest BCUT2D eigenvalue weighted by atomic mass is 32.2. The molecule has 5 nitrogen and oxygen atoms in total. The van der Waals surface area contributed by atoms with E-state index in [1.165, 1.54) is 0 Å². The number of hydrogen-bond acceptors (Lipinski definition) is 4. The molecular weight excluding hydrogens is 422 g/mol. The summed E-state index contributed by atoms with van der Waals surface area (Å²) in [4.78, 5) is 24.3. The maximum atomic E-state index is 14.0. The van der Waals surface area contributed by atoms with Gasteiger partial charge in [0.25, 0.3) is 0 Å². The van der Waals surface area contributed by atoms with Gasteiger partial charge in [0.2, 0.25) is 5.91 Å². The number of carboxylic acid groups (broad SMARTS) is 1. The van der Waals surface area contributed by atoms with Gasteiger partial charge in [-0.1, -0.05) is 30.3 Å². The fourth-order valence-corrected chi connectivity index (χ4v) is 3.95. The Hall–Kier alpha value is -3.39. The van der Waals surface area contributed by atoms with E-state index in [0.29, 0.717) is 16.6 Å². The summed E-state index contributed by atoms with van der Waals surface area (Å²) in [7, 11) is 0. The van der Waals surface area contributed by atoms with Crippen LogP contribution in [0.2, 0.25) is 0 Å². The second-order valence-corrected chi connectivity index (χ2v) is 8.13. The third kappa shape index (κ3) is 4.39. The van der Waals surface area contributed by atoms with Crippen LogP contribution in [0.25, 0.3) is 0 Å². The van der Waals surface area contributed by atoms with Crippen LogP contribution in [0.5, 0.6) is 0 Å². The van der Waals surface area contributed by atoms with Crippen molar-refractivity contribution in [2.45, 2.75) is 23.2 Å². The fourth-order valence-electron chi connectivity index (χ4n) is 3.29. The summed E-state index contributed by atoms with van der Waals surface area (Å²) in [6.45, 7) is 0. The van der Waals surface area contributed by atoms with Crippen molar-refractivity contribution in [3.05, 3.63) is 89.5 Å². The predicted octanol–water partition coefficient (Wildman–Crippen LogP) is 5.45. The largest absolute Gasteiger partial charge is 0.478 e. The van der Waals surface area contributed by atoms with Crippen LogP contribution in [0.1, 0.15) is 28.8 Å². The SMILES string of the molecule is O=C(O)c1cc(F)c(NSc2ccc(NC(=O)C3(c4ccccc4)CC3)cc2)cc1F. The van der Waals surface area contributed by atoms with Crippen molar-refractivity contribution in [1.82, 2.24) is 0 Å². The number of aromatic carboxylic acids is 1. The number of halogens is 2. The minimum absolute atomic E-state index is 0.0479. The Kier molecular flexibility index (Phi) is 5.65. The molecule has 3 aromatic rings. The molecule has 1 aliphatic carbocycles. The van der Waals surface area contributed by atoms with E-state index in [4.69, 9.17) is 5.11 Å². The number of rotatable bonds is 7. The lowest BCUT2D eigenvalue weighted by Crippen LogP contribution is -2.27. The van der Waals surface area contributed by atoms with E-state index in [2.05, 4.69) is 10.0 Å². The molecule has 31 heavy (non-hydrogen) atoms. The van der Waals surface area contributed by atoms with Crippen LogP contribution in [-0.4, -0.2) is 17.0 Å². The summed E-state index contributed by atoms with van der Waals surface area (Å²) in [6, 6.07) is 18.1. The predicted molar refractivity (Wildman–Crippen MR) is 115 cm³/mol. The number of carbonyl (C=O) groups is 2. The van der Waals surface area contributed by atoms with Gasteiger partial charge in [0.1, 0.15) is 11.6 Å². The molecule has 1 fully saturated rings. The number of nitrogens with one attached hydrogen (secondary N) is 2. The molecule has 0 bridgehead atoms. The van der Waals surface area contributed by atoms with Crippen molar-refractivity contribution < 1.29 is 23.5 Å². The van der Waals surface area contributed by atoms with Gasteiger partial charge in [0.15, 0.2) is 0 Å². The van der Waals surface area contributed by atoms with E-state index in [-0.39, 0.29) is 11.6 Å². The van der Waals surface area contributed by atoms with Gasteiger partial charge in [-0.2, -0.15) is 0 Å². The van der Waals surface area contributed by atoms with Crippen molar-refractivity contribution in [2.24, 2.45) is 0 Å². The van der Waals surface area contributed by atoms with Gasteiger partial charge < -0.3 is 15.1 Å². The maximum absolute atomic E-state index is 14.0. The van der Waals surface area contributed by atoms with Crippen LogP contribution >= 0.6 is 11.9 Å². The van der Waals surface area contributed by atoms with E-state index in [1.807, 2.05) is 30.3 Å². The lowest BCUT2D eigenvalue weighted by molar-refractivity contribution is -0.118. The third-order valence-corrected chi connectivity index (χ3v) is 6.02. The monoisotopic (exact) mass is 440 g/mol. The second-order valence-electron chi connectivity index (χ2n) is 7.25. The highest BCUT2D eigenvalue weighted by Crippen LogP contribution is 2.48. The smallest absolute Gasteiger partial charge is 0.338 e. The zero-order valence-electron chi connectivity index (χ0n) is 16.2. The first-order chi connectivity index (χ1) is 14.9. The summed E-state index contributed by atoms with van der Waals surface area (Å²) < 4.78 is 30.4. The first-order valence-electron chi connectivity index (χ1n) is 9.51. The number of hydrogen-bond donors (Lipinski definition) is 3. The molecular formula is C23H18F2N2O3S. The van der Waals surface area contributed by atoms with E-state index >= 15 is 0 Å². The van der Waals surface area contributed by atoms with Gasteiger partial charge in [0.05, 0.1) is 16.7 Å². The normalized spacial score (nSPS) is 14.0. The number of carbonyl (C=O) groups excluding carboxylic acids is 1. The van der Waals surface area contributed by atoms with Crippen LogP contribution in [0.4, 0.5) is 20.2 Å². The van der Waals surface area contributed by atoms with Crippen LogP contribution < -0.4 is 10.0 Å². The van der Waals surface area contributed by atoms with Gasteiger partial charge in [-0.3, -0.25) is 4.79 Å². The zero-order chi connectivity index (χ0) is 22.0. The Bertz CT molecular complexity index is 1130. The molecule has 8 heteroatoms. The highest BCUT2D eigenvalue weighted by Gasteiger charge is 2.51. The molecule has 4 rings (SSSR count). The van der Waals surface area contributed by atoms with Crippen molar-refractivity contribution in [3.63, 3.8) is 0 Å². The second kappa shape index (κ2) is 8.39. The van der Waals surface area contributed by atoms with Crippen LogP contribution in [0, 0.1) is 11.6 Å². The molecule has 0 atom stereocenters. The van der Waals surface area contributed by atoms with Gasteiger partial charge in [-0.15, -0.1) is 0 Å². The van der Waals surface area contributed by atoms with Crippen LogP contribution in [0.3, 0.4) is 0 Å². The summed E-state index contributed by atoms with van der Waals surface area (Å²) >= 11 is 1.04. The molecule has 1 aliphatic rings. The van der Waals surface area contributed by atoms with Crippen molar-refractivity contribution in [2.75, 3.05) is 10.0 Å². The van der Waals surface area contributed by atoms with E-state index in [0.717, 1.165) is 36.4 Å². The molecule has 0 heterocycles. The summed E-state index contributed by atoms with van der Waals surface area (Å²) in [5.41, 5.74) is 0.284. The molecule has 0 aliphatic heterocycles. The summed E-state index contributed by atoms with van der Waals surface area (Å²) in [5.74, 6) is -3.48. The molecule has 0 unspecified atom stereocenters. The van der Waals surface area contributed by atoms with Crippen LogP contribution in [-0.2, 0) is 10.2 Å². The van der Waals surface area contributed by atoms with Crippen LogP contribution in [0.15, 0.2) is 71.6 Å². The lowest BCUT2D eigenvalue weighted by Gasteiger charge is -2.16. The lowest BCUT2D eigenvalue weighted by atomic mass is 9.95. The Balaban J connectivity index is 1.39. The molecule has 0 spiro atoms. The highest BCUT2D eigenvalue weighted by molar-refractivity contribution is 8.00. The standard InChI is InChI=1S/C23H18F2N2O3S/c24-18-13-20(19(25)12-17(18)21(28)29)27-31-16-8-6-15(7-9-16)26-22(30)23(10-11-23)14-4-2-1-3-5-14/h1-9,12-13,27H,10-11H2,(H,26,30)(H,28,29). The Morgan fingerprint density at radius 2 is 1.61 bits per heavy atom. The fraction of sp³-hybridized carbons (Fsp3) is 0.130. The summed E-state index contributed by atoms with van der Waals surface area (Å²) in [6.07, 6.45) is 1.62. The van der Waals surface area contributed by atoms with E-state index < -0.39 is 28.6 Å². The molecule has 1 amide bonds. The quantitative estimate of drug-likeness (QED) is 0.426. The number of anilines is 2. The molecule has 1 saturated carbocycles. The minimum atomic E-state index is -1.53. The maximum Gasteiger partial charge on any atom is 0.338 e. The number of carboxylic acids is 1. The van der Waals surface area contributed by atoms with Gasteiger partial charge in [0, 0.05) is 16.6 Å². The van der Waals surface area contributed by atoms with Gasteiger partial charge >= 0.3 is 5.97 Å². The molecule has 3 aromatic carbocycles. The number of amides is 1. The third-order valence-electron chi connectivity index (χ3n) is 5.19. The first kappa shape index (κ1) is 20.9. The molecule has 0 aromatic heterocycles.